The molecule has 0 bridgehead atoms. The van der Waals surface area contributed by atoms with Gasteiger partial charge in [-0.15, -0.1) is 0 Å². The van der Waals surface area contributed by atoms with Gasteiger partial charge in [0.2, 0.25) is 5.91 Å². The fraction of sp³-hybridized carbons (Fsp3) is 0.600. The van der Waals surface area contributed by atoms with Crippen molar-refractivity contribution in [3.05, 3.63) is 35.4 Å². The van der Waals surface area contributed by atoms with Crippen molar-refractivity contribution in [2.75, 3.05) is 26.2 Å². The summed E-state index contributed by atoms with van der Waals surface area (Å²) in [6, 6.07) is 8.72. The van der Waals surface area contributed by atoms with E-state index in [1.165, 1.54) is 11.1 Å². The van der Waals surface area contributed by atoms with E-state index in [0.717, 1.165) is 38.8 Å². The molecular weight excluding hydrogens is 314 g/mol. The Morgan fingerprint density at radius 3 is 2.48 bits per heavy atom. The summed E-state index contributed by atoms with van der Waals surface area (Å²) in [6.07, 6.45) is 3.78. The van der Waals surface area contributed by atoms with Crippen LogP contribution in [0.3, 0.4) is 0 Å². The smallest absolute Gasteiger partial charge is 0.317 e. The molecule has 1 saturated heterocycles. The Kier molecular flexibility index (Phi) is 5.61. The standard InChI is InChI=1S/C20H29N3O2/c1-15(2)19(24)22-10-5-11-23(13-12-22)20(25)21-18-9-8-16-6-3-4-7-17(16)14-18/h3-4,6-7,15,18H,5,8-14H2,1-2H3,(H,21,25). The lowest BCUT2D eigenvalue weighted by molar-refractivity contribution is -0.134. The summed E-state index contributed by atoms with van der Waals surface area (Å²) in [5.41, 5.74) is 2.76. The van der Waals surface area contributed by atoms with Crippen molar-refractivity contribution in [3.63, 3.8) is 0 Å². The summed E-state index contributed by atoms with van der Waals surface area (Å²) in [5, 5.41) is 3.21. The molecule has 136 valence electrons. The number of amides is 3. The number of nitrogens with zero attached hydrogens (tertiary/aromatic N) is 2. The molecule has 25 heavy (non-hydrogen) atoms. The van der Waals surface area contributed by atoms with Gasteiger partial charge in [-0.3, -0.25) is 4.79 Å². The average Bonchev–Trinajstić information content (AvgIpc) is 2.87. The number of nitrogens with one attached hydrogen (secondary N) is 1. The van der Waals surface area contributed by atoms with E-state index in [-0.39, 0.29) is 23.9 Å². The zero-order chi connectivity index (χ0) is 17.8. The van der Waals surface area contributed by atoms with Gasteiger partial charge in [-0.2, -0.15) is 0 Å². The van der Waals surface area contributed by atoms with Crippen LogP contribution in [0.5, 0.6) is 0 Å². The van der Waals surface area contributed by atoms with Crippen molar-refractivity contribution in [1.29, 1.82) is 0 Å². The van der Waals surface area contributed by atoms with Crippen LogP contribution in [-0.2, 0) is 17.6 Å². The van der Waals surface area contributed by atoms with Gasteiger partial charge in [0.15, 0.2) is 0 Å². The number of urea groups is 1. The van der Waals surface area contributed by atoms with Gasteiger partial charge < -0.3 is 15.1 Å². The van der Waals surface area contributed by atoms with Crippen LogP contribution in [0.25, 0.3) is 0 Å². The first-order valence-corrected chi connectivity index (χ1v) is 9.45. The molecule has 0 radical (unpaired) electrons. The fourth-order valence-corrected chi connectivity index (χ4v) is 3.79. The number of benzene rings is 1. The number of hydrogen-bond acceptors (Lipinski definition) is 2. The summed E-state index contributed by atoms with van der Waals surface area (Å²) >= 11 is 0. The second-order valence-electron chi connectivity index (χ2n) is 7.48. The quantitative estimate of drug-likeness (QED) is 0.897. The maximum absolute atomic E-state index is 12.7. The number of carbonyl (C=O) groups is 2. The number of rotatable bonds is 2. The Balaban J connectivity index is 1.53. The van der Waals surface area contributed by atoms with Crippen LogP contribution in [0, 0.1) is 5.92 Å². The molecule has 3 amide bonds. The molecule has 5 nitrogen and oxygen atoms in total. The van der Waals surface area contributed by atoms with Crippen LogP contribution in [-0.4, -0.2) is 54.0 Å². The lowest BCUT2D eigenvalue weighted by Gasteiger charge is -2.29. The Hall–Kier alpha value is -2.04. The highest BCUT2D eigenvalue weighted by atomic mass is 16.2. The van der Waals surface area contributed by atoms with E-state index in [4.69, 9.17) is 0 Å². The second-order valence-corrected chi connectivity index (χ2v) is 7.48. The van der Waals surface area contributed by atoms with E-state index in [0.29, 0.717) is 13.1 Å². The molecule has 1 aromatic rings. The molecule has 3 rings (SSSR count). The maximum Gasteiger partial charge on any atom is 0.317 e. The van der Waals surface area contributed by atoms with E-state index < -0.39 is 0 Å². The van der Waals surface area contributed by atoms with Crippen LogP contribution < -0.4 is 5.32 Å². The predicted octanol–water partition coefficient (Wildman–Crippen LogP) is 2.44. The zero-order valence-electron chi connectivity index (χ0n) is 15.3. The van der Waals surface area contributed by atoms with Crippen LogP contribution in [0.1, 0.15) is 37.8 Å². The Labute approximate surface area is 150 Å². The van der Waals surface area contributed by atoms with Crippen LogP contribution in [0.2, 0.25) is 0 Å². The topological polar surface area (TPSA) is 52.7 Å². The molecular formula is C20H29N3O2. The fourth-order valence-electron chi connectivity index (χ4n) is 3.79. The normalized spacial score (nSPS) is 20.8. The molecule has 1 aliphatic heterocycles. The minimum absolute atomic E-state index is 0.0164. The van der Waals surface area contributed by atoms with Crippen LogP contribution >= 0.6 is 0 Å². The van der Waals surface area contributed by atoms with Gasteiger partial charge in [-0.05, 0) is 36.8 Å². The van der Waals surface area contributed by atoms with E-state index in [1.807, 2.05) is 23.6 Å². The largest absolute Gasteiger partial charge is 0.341 e. The molecule has 0 saturated carbocycles. The first-order valence-electron chi connectivity index (χ1n) is 9.45. The second kappa shape index (κ2) is 7.89. The van der Waals surface area contributed by atoms with Crippen LogP contribution in [0.15, 0.2) is 24.3 Å². The summed E-state index contributed by atoms with van der Waals surface area (Å²) in [4.78, 5) is 28.6. The van der Waals surface area contributed by atoms with E-state index in [2.05, 4.69) is 29.6 Å². The summed E-state index contributed by atoms with van der Waals surface area (Å²) in [6.45, 7) is 6.58. The molecule has 1 aliphatic carbocycles. The SMILES string of the molecule is CC(C)C(=O)N1CCCN(C(=O)NC2CCc3ccccc3C2)CC1. The molecule has 0 spiro atoms. The third kappa shape index (κ3) is 4.33. The summed E-state index contributed by atoms with van der Waals surface area (Å²) in [5.74, 6) is 0.203. The van der Waals surface area contributed by atoms with Gasteiger partial charge in [0.05, 0.1) is 0 Å². The van der Waals surface area contributed by atoms with Gasteiger partial charge >= 0.3 is 6.03 Å². The van der Waals surface area contributed by atoms with Crippen molar-refractivity contribution >= 4 is 11.9 Å². The Morgan fingerprint density at radius 2 is 1.72 bits per heavy atom. The first kappa shape index (κ1) is 17.8. The number of hydrogen-bond donors (Lipinski definition) is 1. The predicted molar refractivity (Wildman–Crippen MR) is 98.4 cm³/mol. The van der Waals surface area contributed by atoms with Crippen molar-refractivity contribution in [2.24, 2.45) is 5.92 Å². The number of carbonyl (C=O) groups excluding carboxylic acids is 2. The van der Waals surface area contributed by atoms with Crippen molar-refractivity contribution in [2.45, 2.75) is 45.6 Å². The lowest BCUT2D eigenvalue weighted by atomic mass is 9.88. The van der Waals surface area contributed by atoms with Gasteiger partial charge in [0.1, 0.15) is 0 Å². The van der Waals surface area contributed by atoms with Gasteiger partial charge in [-0.1, -0.05) is 38.1 Å². The highest BCUT2D eigenvalue weighted by Gasteiger charge is 2.26. The molecule has 1 unspecified atom stereocenters. The molecule has 1 heterocycles. The van der Waals surface area contributed by atoms with Crippen molar-refractivity contribution in [1.82, 2.24) is 15.1 Å². The third-order valence-corrected chi connectivity index (χ3v) is 5.26. The molecule has 0 aromatic heterocycles. The molecule has 1 atom stereocenters. The minimum atomic E-state index is 0.0164. The van der Waals surface area contributed by atoms with E-state index >= 15 is 0 Å². The maximum atomic E-state index is 12.7. The molecule has 1 aromatic carbocycles. The monoisotopic (exact) mass is 343 g/mol. The highest BCUT2D eigenvalue weighted by molar-refractivity contribution is 5.78. The third-order valence-electron chi connectivity index (χ3n) is 5.26. The summed E-state index contributed by atoms with van der Waals surface area (Å²) in [7, 11) is 0. The zero-order valence-corrected chi connectivity index (χ0v) is 15.3. The van der Waals surface area contributed by atoms with E-state index in [1.54, 1.807) is 0 Å². The van der Waals surface area contributed by atoms with Gasteiger partial charge in [-0.25, -0.2) is 4.79 Å². The molecule has 1 fully saturated rings. The minimum Gasteiger partial charge on any atom is -0.341 e. The molecule has 1 N–H and O–H groups in total. The Morgan fingerprint density at radius 1 is 1.04 bits per heavy atom. The molecule has 5 heteroatoms. The first-order chi connectivity index (χ1) is 12.0. The average molecular weight is 343 g/mol. The van der Waals surface area contributed by atoms with Crippen LogP contribution in [0.4, 0.5) is 4.79 Å². The van der Waals surface area contributed by atoms with E-state index in [9.17, 15) is 9.59 Å². The highest BCUT2D eigenvalue weighted by Crippen LogP contribution is 2.21. The lowest BCUT2D eigenvalue weighted by Crippen LogP contribution is -2.48. The number of fused-ring (bicyclic) bond motifs is 1. The van der Waals surface area contributed by atoms with Gasteiger partial charge in [0, 0.05) is 38.1 Å². The Bertz CT molecular complexity index is 629. The van der Waals surface area contributed by atoms with Crippen molar-refractivity contribution in [3.8, 4) is 0 Å². The van der Waals surface area contributed by atoms with Gasteiger partial charge in [0.25, 0.3) is 0 Å². The summed E-state index contributed by atoms with van der Waals surface area (Å²) < 4.78 is 0. The number of aryl methyl sites for hydroxylation is 1. The van der Waals surface area contributed by atoms with Crippen molar-refractivity contribution < 1.29 is 9.59 Å². The molecule has 2 aliphatic rings.